The van der Waals surface area contributed by atoms with Gasteiger partial charge in [-0.15, -0.1) is 0 Å². The van der Waals surface area contributed by atoms with Gasteiger partial charge in [-0.3, -0.25) is 0 Å². The van der Waals surface area contributed by atoms with Crippen LogP contribution in [-0.4, -0.2) is 23.4 Å². The lowest BCUT2D eigenvalue weighted by atomic mass is 9.69. The van der Waals surface area contributed by atoms with Crippen molar-refractivity contribution in [2.45, 2.75) is 38.7 Å². The van der Waals surface area contributed by atoms with Crippen LogP contribution in [0, 0.1) is 23.2 Å². The molecule has 3 aliphatic carbocycles. The molecule has 3 heteroatoms. The molecule has 1 aromatic rings. The highest BCUT2D eigenvalue weighted by atomic mass is 16.5. The molecule has 0 radical (unpaired) electrons. The van der Waals surface area contributed by atoms with E-state index in [-0.39, 0.29) is 23.0 Å². The number of phenols is 1. The van der Waals surface area contributed by atoms with Crippen LogP contribution >= 0.6 is 0 Å². The van der Waals surface area contributed by atoms with Crippen LogP contribution in [0.1, 0.15) is 37.3 Å². The van der Waals surface area contributed by atoms with Crippen LogP contribution in [-0.2, 0) is 6.42 Å². The zero-order chi connectivity index (χ0) is 15.6. The molecule has 0 spiro atoms. The monoisotopic (exact) mass is 300 g/mol. The van der Waals surface area contributed by atoms with Crippen molar-refractivity contribution in [2.24, 2.45) is 23.2 Å². The van der Waals surface area contributed by atoms with Gasteiger partial charge in [0.2, 0.25) is 0 Å². The number of benzene rings is 1. The minimum atomic E-state index is -0.435. The molecule has 3 aliphatic rings. The molecule has 1 aromatic carbocycles. The van der Waals surface area contributed by atoms with E-state index in [2.05, 4.69) is 32.1 Å². The summed E-state index contributed by atoms with van der Waals surface area (Å²) in [6, 6.07) is 3.93. The molecule has 0 saturated heterocycles. The first kappa shape index (κ1) is 14.1. The summed E-state index contributed by atoms with van der Waals surface area (Å²) < 4.78 is 5.30. The highest BCUT2D eigenvalue weighted by Gasteiger charge is 2.65. The van der Waals surface area contributed by atoms with Crippen LogP contribution in [0.15, 0.2) is 24.3 Å². The first-order chi connectivity index (χ1) is 10.5. The molecule has 0 amide bonds. The number of ether oxygens (including phenoxy) is 1. The van der Waals surface area contributed by atoms with Crippen molar-refractivity contribution in [3.63, 3.8) is 0 Å². The van der Waals surface area contributed by atoms with Gasteiger partial charge in [0.25, 0.3) is 0 Å². The Bertz CT molecular complexity index is 650. The highest BCUT2D eigenvalue weighted by molar-refractivity contribution is 5.54. The van der Waals surface area contributed by atoms with Crippen LogP contribution < -0.4 is 4.74 Å². The van der Waals surface area contributed by atoms with Crippen molar-refractivity contribution in [3.8, 4) is 11.5 Å². The van der Waals surface area contributed by atoms with Crippen molar-refractivity contribution in [1.29, 1.82) is 0 Å². The second-order valence-corrected chi connectivity index (χ2v) is 7.44. The number of hydrogen-bond acceptors (Lipinski definition) is 3. The Balaban J connectivity index is 1.94. The summed E-state index contributed by atoms with van der Waals surface area (Å²) in [5, 5.41) is 21.4. The number of allylic oxidation sites excluding steroid dienone is 1. The predicted octanol–water partition coefficient (Wildman–Crippen LogP) is 3.25. The Morgan fingerprint density at radius 2 is 2.09 bits per heavy atom. The van der Waals surface area contributed by atoms with Crippen molar-refractivity contribution in [2.75, 3.05) is 7.11 Å². The highest BCUT2D eigenvalue weighted by Crippen LogP contribution is 2.70. The molecule has 118 valence electrons. The van der Waals surface area contributed by atoms with Crippen LogP contribution in [0.4, 0.5) is 0 Å². The average molecular weight is 300 g/mol. The second-order valence-electron chi connectivity index (χ2n) is 7.44. The van der Waals surface area contributed by atoms with Crippen molar-refractivity contribution in [1.82, 2.24) is 0 Å². The van der Waals surface area contributed by atoms with Gasteiger partial charge in [0, 0.05) is 11.5 Å². The third-order valence-corrected chi connectivity index (χ3v) is 6.78. The van der Waals surface area contributed by atoms with Crippen LogP contribution in [0.5, 0.6) is 11.5 Å². The Labute approximate surface area is 131 Å². The van der Waals surface area contributed by atoms with Gasteiger partial charge in [-0.05, 0) is 47.6 Å². The van der Waals surface area contributed by atoms with Crippen molar-refractivity contribution < 1.29 is 14.9 Å². The van der Waals surface area contributed by atoms with Gasteiger partial charge < -0.3 is 14.9 Å². The Hall–Kier alpha value is -1.48. The van der Waals surface area contributed by atoms with E-state index in [0.29, 0.717) is 24.0 Å². The molecule has 0 aromatic heterocycles. The first-order valence-corrected chi connectivity index (χ1v) is 8.23. The van der Waals surface area contributed by atoms with Crippen molar-refractivity contribution in [3.05, 3.63) is 35.4 Å². The van der Waals surface area contributed by atoms with E-state index in [0.717, 1.165) is 12.0 Å². The molecule has 6 atom stereocenters. The van der Waals surface area contributed by atoms with E-state index >= 15 is 0 Å². The molecule has 22 heavy (non-hydrogen) atoms. The molecule has 1 fully saturated rings. The molecule has 4 unspecified atom stereocenters. The fourth-order valence-electron chi connectivity index (χ4n) is 5.23. The summed E-state index contributed by atoms with van der Waals surface area (Å²) in [6.45, 7) is 4.67. The van der Waals surface area contributed by atoms with Gasteiger partial charge in [-0.2, -0.15) is 0 Å². The van der Waals surface area contributed by atoms with E-state index in [9.17, 15) is 10.2 Å². The average Bonchev–Trinajstić information content (AvgIpc) is 3.06. The third-order valence-electron chi connectivity index (χ3n) is 6.78. The smallest absolute Gasteiger partial charge is 0.161 e. The van der Waals surface area contributed by atoms with Gasteiger partial charge in [-0.25, -0.2) is 0 Å². The van der Waals surface area contributed by atoms with Gasteiger partial charge in [-0.1, -0.05) is 32.1 Å². The number of phenolic OH excluding ortho intramolecular Hbond substituents is 1. The fourth-order valence-corrected chi connectivity index (χ4v) is 5.23. The maximum Gasteiger partial charge on any atom is 0.161 e. The number of hydrogen-bond donors (Lipinski definition) is 2. The molecule has 0 aliphatic heterocycles. The van der Waals surface area contributed by atoms with Crippen LogP contribution in [0.25, 0.3) is 0 Å². The minimum absolute atomic E-state index is 0.0324. The maximum absolute atomic E-state index is 10.7. The largest absolute Gasteiger partial charge is 0.504 e. The first-order valence-electron chi connectivity index (χ1n) is 8.23. The van der Waals surface area contributed by atoms with E-state index in [1.807, 2.05) is 6.07 Å². The summed E-state index contributed by atoms with van der Waals surface area (Å²) in [5.41, 5.74) is 2.32. The number of fused-ring (bicyclic) bond motifs is 5. The summed E-state index contributed by atoms with van der Waals surface area (Å²) in [5.74, 6) is 2.27. The van der Waals surface area contributed by atoms with Gasteiger partial charge in [0.15, 0.2) is 11.5 Å². The lowest BCUT2D eigenvalue weighted by Gasteiger charge is -2.37. The number of methoxy groups -OCH3 is 1. The Morgan fingerprint density at radius 1 is 1.32 bits per heavy atom. The molecule has 2 N–H and O–H groups in total. The molecular formula is C19H24O3. The molecular weight excluding hydrogens is 276 g/mol. The third kappa shape index (κ3) is 1.60. The van der Waals surface area contributed by atoms with Crippen molar-refractivity contribution >= 4 is 0 Å². The normalized spacial score (nSPS) is 41.9. The Kier molecular flexibility index (Phi) is 2.90. The standard InChI is InChI=1S/C19H24O3/c1-10-13-9-11-7-8-15(22-3)18(21)16(11)17-12(19(10,13)2)5-4-6-14(17)20/h4-5,7-8,10,12-14,17,20-21H,6,9H2,1-3H3/t10?,12?,13-,14+,17?,19?/m0/s1. The zero-order valence-corrected chi connectivity index (χ0v) is 13.4. The Morgan fingerprint density at radius 3 is 2.82 bits per heavy atom. The lowest BCUT2D eigenvalue weighted by molar-refractivity contribution is 0.0961. The zero-order valence-electron chi connectivity index (χ0n) is 13.4. The van der Waals surface area contributed by atoms with Gasteiger partial charge in [0.05, 0.1) is 13.2 Å². The summed E-state index contributed by atoms with van der Waals surface area (Å²) >= 11 is 0. The topological polar surface area (TPSA) is 49.7 Å². The fraction of sp³-hybridized carbons (Fsp3) is 0.579. The number of aliphatic hydroxyl groups is 1. The molecule has 1 saturated carbocycles. The molecule has 4 rings (SSSR count). The summed E-state index contributed by atoms with van der Waals surface area (Å²) in [4.78, 5) is 0. The van der Waals surface area contributed by atoms with E-state index in [1.54, 1.807) is 7.11 Å². The van der Waals surface area contributed by atoms with Crippen LogP contribution in [0.2, 0.25) is 0 Å². The maximum atomic E-state index is 10.7. The van der Waals surface area contributed by atoms with Crippen LogP contribution in [0.3, 0.4) is 0 Å². The molecule has 3 nitrogen and oxygen atoms in total. The quantitative estimate of drug-likeness (QED) is 0.783. The summed E-state index contributed by atoms with van der Waals surface area (Å²) in [7, 11) is 1.58. The molecule has 0 bridgehead atoms. The van der Waals surface area contributed by atoms with E-state index in [4.69, 9.17) is 4.74 Å². The number of aliphatic hydroxyl groups excluding tert-OH is 1. The predicted molar refractivity (Wildman–Crippen MR) is 85.1 cm³/mol. The number of aromatic hydroxyl groups is 1. The lowest BCUT2D eigenvalue weighted by Crippen LogP contribution is -2.33. The van der Waals surface area contributed by atoms with E-state index in [1.165, 1.54) is 5.56 Å². The summed E-state index contributed by atoms with van der Waals surface area (Å²) in [6.07, 6.45) is 5.60. The van der Waals surface area contributed by atoms with Gasteiger partial charge in [0.1, 0.15) is 0 Å². The molecule has 0 heterocycles. The second kappa shape index (κ2) is 4.51. The minimum Gasteiger partial charge on any atom is -0.504 e. The number of rotatable bonds is 1. The van der Waals surface area contributed by atoms with E-state index < -0.39 is 6.10 Å². The van der Waals surface area contributed by atoms with Gasteiger partial charge >= 0.3 is 0 Å². The SMILES string of the molecule is COc1ccc2c(c1O)C1C(C=CC[C@H]1O)C1(C)C(C)[C@@H]1C2.